The lowest BCUT2D eigenvalue weighted by molar-refractivity contribution is 0.0714. The average molecular weight is 190 g/mol. The third kappa shape index (κ3) is 1.77. The number of esters is 1. The minimum absolute atomic E-state index is 0.0844. The van der Waals surface area contributed by atoms with E-state index in [1.807, 2.05) is 6.07 Å². The van der Waals surface area contributed by atoms with Crippen molar-refractivity contribution in [2.75, 3.05) is 0 Å². The second-order valence-electron chi connectivity index (χ2n) is 2.47. The molecule has 1 aromatic heterocycles. The van der Waals surface area contributed by atoms with E-state index >= 15 is 0 Å². The molecule has 5 nitrogen and oxygen atoms in total. The molecule has 0 aliphatic carbocycles. The molecule has 0 bridgehead atoms. The summed E-state index contributed by atoms with van der Waals surface area (Å²) in [5, 5.41) is 3.35. The van der Waals surface area contributed by atoms with Gasteiger partial charge in [-0.2, -0.15) is 4.98 Å². The van der Waals surface area contributed by atoms with E-state index in [4.69, 9.17) is 4.74 Å². The van der Waals surface area contributed by atoms with E-state index in [2.05, 4.69) is 14.7 Å². The third-order valence-electron chi connectivity index (χ3n) is 1.53. The molecule has 70 valence electrons. The van der Waals surface area contributed by atoms with Crippen LogP contribution in [0, 0.1) is 0 Å². The van der Waals surface area contributed by atoms with Crippen LogP contribution in [0.25, 0.3) is 0 Å². The van der Waals surface area contributed by atoms with Crippen molar-refractivity contribution >= 4 is 5.97 Å². The Kier molecular flexibility index (Phi) is 2.22. The molecule has 14 heavy (non-hydrogen) atoms. The third-order valence-corrected chi connectivity index (χ3v) is 1.53. The summed E-state index contributed by atoms with van der Waals surface area (Å²) >= 11 is 0. The minimum Gasteiger partial charge on any atom is -0.385 e. The van der Waals surface area contributed by atoms with Crippen LogP contribution in [0.2, 0.25) is 0 Å². The van der Waals surface area contributed by atoms with Crippen LogP contribution in [-0.2, 0) is 0 Å². The van der Waals surface area contributed by atoms with E-state index in [1.54, 1.807) is 24.3 Å². The van der Waals surface area contributed by atoms with Crippen LogP contribution in [0.4, 0.5) is 0 Å². The summed E-state index contributed by atoms with van der Waals surface area (Å²) in [5.74, 6) is -0.507. The van der Waals surface area contributed by atoms with E-state index in [1.165, 1.54) is 0 Å². The van der Waals surface area contributed by atoms with Crippen molar-refractivity contribution in [2.45, 2.75) is 0 Å². The highest BCUT2D eigenvalue weighted by Gasteiger charge is 2.09. The summed E-state index contributed by atoms with van der Waals surface area (Å²) in [6.07, 6.45) is 1.09. The number of aromatic nitrogens is 2. The molecular formula is C9H6N2O3. The Morgan fingerprint density at radius 3 is 2.71 bits per heavy atom. The largest absolute Gasteiger partial charge is 0.385 e. The molecule has 0 saturated heterocycles. The summed E-state index contributed by atoms with van der Waals surface area (Å²) in [4.78, 5) is 14.9. The highest BCUT2D eigenvalue weighted by molar-refractivity contribution is 5.90. The molecule has 0 aliphatic heterocycles. The lowest BCUT2D eigenvalue weighted by atomic mass is 10.2. The SMILES string of the molecule is O=C(Oc1ncon1)c1ccccc1. The summed E-state index contributed by atoms with van der Waals surface area (Å²) in [6.45, 7) is 0. The molecule has 0 saturated carbocycles. The lowest BCUT2D eigenvalue weighted by Gasteiger charge is -1.97. The van der Waals surface area contributed by atoms with Crippen molar-refractivity contribution in [3.05, 3.63) is 42.3 Å². The molecule has 2 aromatic rings. The van der Waals surface area contributed by atoms with Crippen LogP contribution >= 0.6 is 0 Å². The monoisotopic (exact) mass is 190 g/mol. The fourth-order valence-electron chi connectivity index (χ4n) is 0.922. The van der Waals surface area contributed by atoms with Gasteiger partial charge in [0.05, 0.1) is 5.56 Å². The Balaban J connectivity index is 2.11. The maximum absolute atomic E-state index is 11.4. The van der Waals surface area contributed by atoms with Gasteiger partial charge in [-0.25, -0.2) is 4.79 Å². The maximum Gasteiger partial charge on any atom is 0.362 e. The van der Waals surface area contributed by atoms with Crippen molar-refractivity contribution in [3.8, 4) is 6.01 Å². The van der Waals surface area contributed by atoms with Crippen molar-refractivity contribution < 1.29 is 14.1 Å². The first-order chi connectivity index (χ1) is 6.86. The fourth-order valence-corrected chi connectivity index (χ4v) is 0.922. The number of carbonyl (C=O) groups is 1. The van der Waals surface area contributed by atoms with Crippen molar-refractivity contribution in [1.82, 2.24) is 10.1 Å². The number of ether oxygens (including phenoxy) is 1. The molecule has 0 amide bonds. The Hall–Kier alpha value is -2.17. The number of carbonyl (C=O) groups excluding carboxylic acids is 1. The Morgan fingerprint density at radius 2 is 2.07 bits per heavy atom. The number of rotatable bonds is 2. The van der Waals surface area contributed by atoms with Gasteiger partial charge in [0.2, 0.25) is 6.39 Å². The Labute approximate surface area is 79.3 Å². The zero-order valence-electron chi connectivity index (χ0n) is 7.08. The number of hydrogen-bond donors (Lipinski definition) is 0. The van der Waals surface area contributed by atoms with Gasteiger partial charge in [-0.1, -0.05) is 18.2 Å². The summed E-state index contributed by atoms with van der Waals surface area (Å²) < 4.78 is 9.20. The van der Waals surface area contributed by atoms with Gasteiger partial charge in [0.25, 0.3) is 0 Å². The van der Waals surface area contributed by atoms with Gasteiger partial charge in [-0.3, -0.25) is 0 Å². The van der Waals surface area contributed by atoms with Gasteiger partial charge in [0.1, 0.15) is 0 Å². The smallest absolute Gasteiger partial charge is 0.362 e. The van der Waals surface area contributed by atoms with E-state index in [0.29, 0.717) is 5.56 Å². The van der Waals surface area contributed by atoms with Crippen LogP contribution in [-0.4, -0.2) is 16.1 Å². The van der Waals surface area contributed by atoms with Crippen molar-refractivity contribution in [2.24, 2.45) is 0 Å². The normalized spacial score (nSPS) is 9.71. The van der Waals surface area contributed by atoms with E-state index in [0.717, 1.165) is 6.39 Å². The van der Waals surface area contributed by atoms with Gasteiger partial charge < -0.3 is 9.26 Å². The Morgan fingerprint density at radius 1 is 1.29 bits per heavy atom. The quantitative estimate of drug-likeness (QED) is 0.667. The molecule has 0 unspecified atom stereocenters. The molecule has 5 heteroatoms. The molecule has 1 aromatic carbocycles. The molecule has 0 fully saturated rings. The molecule has 0 spiro atoms. The summed E-state index contributed by atoms with van der Waals surface area (Å²) in [6, 6.07) is 8.49. The molecule has 0 radical (unpaired) electrons. The van der Waals surface area contributed by atoms with Gasteiger partial charge in [0, 0.05) is 0 Å². The van der Waals surface area contributed by atoms with E-state index in [9.17, 15) is 4.79 Å². The van der Waals surface area contributed by atoms with E-state index < -0.39 is 5.97 Å². The van der Waals surface area contributed by atoms with Crippen LogP contribution in [0.3, 0.4) is 0 Å². The maximum atomic E-state index is 11.4. The fraction of sp³-hybridized carbons (Fsp3) is 0. The Bertz CT molecular complexity index is 411. The van der Waals surface area contributed by atoms with Crippen LogP contribution < -0.4 is 4.74 Å². The molecule has 0 aliphatic rings. The van der Waals surface area contributed by atoms with Crippen LogP contribution in [0.15, 0.2) is 41.2 Å². The standard InChI is InChI=1S/C9H6N2O3/c12-8(7-4-2-1-3-5-7)14-9-10-6-13-11-9/h1-6H. The first-order valence-electron chi connectivity index (χ1n) is 3.90. The highest BCUT2D eigenvalue weighted by Crippen LogP contribution is 2.05. The number of nitrogens with zero attached hydrogens (tertiary/aromatic N) is 2. The summed E-state index contributed by atoms with van der Waals surface area (Å²) in [5.41, 5.74) is 0.442. The molecule has 1 heterocycles. The van der Waals surface area contributed by atoms with Gasteiger partial charge in [0.15, 0.2) is 0 Å². The van der Waals surface area contributed by atoms with Gasteiger partial charge in [-0.05, 0) is 17.3 Å². The van der Waals surface area contributed by atoms with Crippen molar-refractivity contribution in [1.29, 1.82) is 0 Å². The minimum atomic E-state index is -0.507. The summed E-state index contributed by atoms with van der Waals surface area (Å²) in [7, 11) is 0. The molecule has 2 rings (SSSR count). The van der Waals surface area contributed by atoms with Gasteiger partial charge in [-0.15, -0.1) is 0 Å². The lowest BCUT2D eigenvalue weighted by Crippen LogP contribution is -2.08. The first-order valence-corrected chi connectivity index (χ1v) is 3.90. The average Bonchev–Trinajstić information content (AvgIpc) is 2.72. The highest BCUT2D eigenvalue weighted by atomic mass is 16.6. The zero-order chi connectivity index (χ0) is 9.80. The molecule has 0 atom stereocenters. The zero-order valence-corrected chi connectivity index (χ0v) is 7.08. The molecule has 0 N–H and O–H groups in total. The second-order valence-corrected chi connectivity index (χ2v) is 2.47. The predicted molar refractivity (Wildman–Crippen MR) is 45.7 cm³/mol. The molecular weight excluding hydrogens is 184 g/mol. The number of hydrogen-bond acceptors (Lipinski definition) is 5. The van der Waals surface area contributed by atoms with E-state index in [-0.39, 0.29) is 6.01 Å². The van der Waals surface area contributed by atoms with Crippen LogP contribution in [0.5, 0.6) is 6.01 Å². The topological polar surface area (TPSA) is 65.2 Å². The first kappa shape index (κ1) is 8.43. The van der Waals surface area contributed by atoms with Gasteiger partial charge >= 0.3 is 12.0 Å². The predicted octanol–water partition coefficient (Wildman–Crippen LogP) is 1.29. The van der Waals surface area contributed by atoms with Crippen LogP contribution in [0.1, 0.15) is 10.4 Å². The van der Waals surface area contributed by atoms with Crippen molar-refractivity contribution in [3.63, 3.8) is 0 Å². The second kappa shape index (κ2) is 3.69. The number of benzene rings is 1.